The maximum absolute atomic E-state index is 13.2. The maximum atomic E-state index is 13.2. The number of rotatable bonds is 9. The third kappa shape index (κ3) is 6.10. The molecule has 7 heteroatoms. The summed E-state index contributed by atoms with van der Waals surface area (Å²) in [5, 5.41) is 0.334. The Morgan fingerprint density at radius 2 is 1.65 bits per heavy atom. The van der Waals surface area contributed by atoms with Crippen LogP contribution in [0.2, 0.25) is 5.02 Å². The normalized spacial score (nSPS) is 11.2. The number of aryl methyl sites for hydroxylation is 1. The molecule has 0 unspecified atom stereocenters. The molecule has 0 aliphatic rings. The van der Waals surface area contributed by atoms with E-state index in [0.29, 0.717) is 35.5 Å². The monoisotopic (exact) mass is 490 g/mol. The van der Waals surface area contributed by atoms with Gasteiger partial charge in [-0.1, -0.05) is 66.2 Å². The van der Waals surface area contributed by atoms with Crippen LogP contribution in [0.15, 0.2) is 102 Å². The molecular formula is C27H23ClN2O3S. The molecule has 1 N–H and O–H groups in total. The molecular weight excluding hydrogens is 468 g/mol. The number of carbonyl (C=O) groups excluding carboxylic acids is 1. The molecule has 0 aliphatic carbocycles. The fourth-order valence-corrected chi connectivity index (χ4v) is 5.17. The van der Waals surface area contributed by atoms with Crippen LogP contribution in [0.3, 0.4) is 0 Å². The summed E-state index contributed by atoms with van der Waals surface area (Å²) in [5.74, 6) is 0.114. The lowest BCUT2D eigenvalue weighted by Crippen LogP contribution is -2.14. The topological polar surface area (TPSA) is 76.1 Å². The predicted octanol–water partition coefficient (Wildman–Crippen LogP) is 5.95. The number of halogens is 1. The van der Waals surface area contributed by atoms with Crippen LogP contribution in [0.25, 0.3) is 11.1 Å². The Labute approximate surface area is 204 Å². The molecule has 0 bridgehead atoms. The van der Waals surface area contributed by atoms with Crippen LogP contribution >= 0.6 is 11.6 Å². The summed E-state index contributed by atoms with van der Waals surface area (Å²) in [4.78, 5) is 16.5. The minimum atomic E-state index is -3.90. The molecule has 172 valence electrons. The predicted molar refractivity (Wildman–Crippen MR) is 135 cm³/mol. The van der Waals surface area contributed by atoms with Crippen molar-refractivity contribution in [2.45, 2.75) is 24.2 Å². The summed E-state index contributed by atoms with van der Waals surface area (Å²) < 4.78 is 29.0. The van der Waals surface area contributed by atoms with Gasteiger partial charge in [0.1, 0.15) is 5.78 Å². The van der Waals surface area contributed by atoms with Gasteiger partial charge in [-0.05, 0) is 53.4 Å². The molecule has 0 saturated carbocycles. The van der Waals surface area contributed by atoms with E-state index < -0.39 is 10.0 Å². The van der Waals surface area contributed by atoms with E-state index in [4.69, 9.17) is 11.6 Å². The van der Waals surface area contributed by atoms with Crippen LogP contribution in [0, 0.1) is 0 Å². The van der Waals surface area contributed by atoms with Gasteiger partial charge in [0.25, 0.3) is 10.0 Å². The summed E-state index contributed by atoms with van der Waals surface area (Å²) in [5.41, 5.74) is 3.60. The van der Waals surface area contributed by atoms with E-state index in [9.17, 15) is 13.2 Å². The van der Waals surface area contributed by atoms with E-state index in [1.807, 2.05) is 42.5 Å². The average molecular weight is 491 g/mol. The first-order valence-corrected chi connectivity index (χ1v) is 12.6. The minimum Gasteiger partial charge on any atom is -0.299 e. The average Bonchev–Trinajstić information content (AvgIpc) is 2.85. The van der Waals surface area contributed by atoms with Crippen LogP contribution in [0.1, 0.15) is 17.5 Å². The fourth-order valence-electron chi connectivity index (χ4n) is 3.62. The number of pyridine rings is 1. The van der Waals surface area contributed by atoms with Gasteiger partial charge in [-0.25, -0.2) is 8.42 Å². The van der Waals surface area contributed by atoms with E-state index in [2.05, 4.69) is 9.71 Å². The Morgan fingerprint density at radius 3 is 2.35 bits per heavy atom. The molecule has 0 aliphatic heterocycles. The highest BCUT2D eigenvalue weighted by Gasteiger charge is 2.20. The quantitative estimate of drug-likeness (QED) is 0.314. The molecule has 0 fully saturated rings. The van der Waals surface area contributed by atoms with Crippen LogP contribution in [0.4, 0.5) is 5.69 Å². The van der Waals surface area contributed by atoms with E-state index in [0.717, 1.165) is 16.7 Å². The van der Waals surface area contributed by atoms with Crippen molar-refractivity contribution in [3.63, 3.8) is 0 Å². The van der Waals surface area contributed by atoms with Crippen molar-refractivity contribution in [1.29, 1.82) is 0 Å². The van der Waals surface area contributed by atoms with Crippen molar-refractivity contribution in [1.82, 2.24) is 4.98 Å². The molecule has 5 nitrogen and oxygen atoms in total. The first kappa shape index (κ1) is 23.7. The van der Waals surface area contributed by atoms with E-state index in [1.54, 1.807) is 48.8 Å². The number of nitrogens with zero attached hydrogens (tertiary/aromatic N) is 1. The summed E-state index contributed by atoms with van der Waals surface area (Å²) in [7, 11) is -3.90. The summed E-state index contributed by atoms with van der Waals surface area (Å²) in [6, 6.07) is 24.7. The first-order chi connectivity index (χ1) is 16.4. The Balaban J connectivity index is 1.45. The highest BCUT2D eigenvalue weighted by atomic mass is 35.5. The lowest BCUT2D eigenvalue weighted by Gasteiger charge is -2.13. The van der Waals surface area contributed by atoms with Gasteiger partial charge in [-0.3, -0.25) is 14.5 Å². The third-order valence-electron chi connectivity index (χ3n) is 5.34. The van der Waals surface area contributed by atoms with Gasteiger partial charge >= 0.3 is 0 Å². The number of sulfonamides is 1. The van der Waals surface area contributed by atoms with Crippen LogP contribution in [0.5, 0.6) is 0 Å². The van der Waals surface area contributed by atoms with Crippen molar-refractivity contribution in [3.8, 4) is 11.1 Å². The summed E-state index contributed by atoms with van der Waals surface area (Å²) in [6.07, 6.45) is 4.83. The van der Waals surface area contributed by atoms with Crippen molar-refractivity contribution in [2.24, 2.45) is 0 Å². The Kier molecular flexibility index (Phi) is 7.40. The van der Waals surface area contributed by atoms with Crippen molar-refractivity contribution < 1.29 is 13.2 Å². The smallest absolute Gasteiger partial charge is 0.262 e. The summed E-state index contributed by atoms with van der Waals surface area (Å²) >= 11 is 6.12. The number of hydrogen-bond donors (Lipinski definition) is 1. The van der Waals surface area contributed by atoms with E-state index >= 15 is 0 Å². The largest absolute Gasteiger partial charge is 0.299 e. The van der Waals surface area contributed by atoms with Crippen molar-refractivity contribution >= 4 is 33.1 Å². The van der Waals surface area contributed by atoms with Gasteiger partial charge in [-0.15, -0.1) is 0 Å². The summed E-state index contributed by atoms with van der Waals surface area (Å²) in [6.45, 7) is 0. The number of carbonyl (C=O) groups is 1. The Morgan fingerprint density at radius 1 is 0.882 bits per heavy atom. The number of hydrogen-bond acceptors (Lipinski definition) is 4. The molecule has 0 atom stereocenters. The first-order valence-electron chi connectivity index (χ1n) is 10.8. The zero-order valence-corrected chi connectivity index (χ0v) is 19.9. The molecule has 4 rings (SSSR count). The second-order valence-corrected chi connectivity index (χ2v) is 9.97. The molecule has 0 spiro atoms. The second kappa shape index (κ2) is 10.6. The molecule has 0 radical (unpaired) electrons. The molecule has 1 heterocycles. The second-order valence-electron chi connectivity index (χ2n) is 7.89. The van der Waals surface area contributed by atoms with E-state index in [-0.39, 0.29) is 10.7 Å². The highest BCUT2D eigenvalue weighted by Crippen LogP contribution is 2.31. The molecule has 0 amide bonds. The number of nitrogens with one attached hydrogen (secondary N) is 1. The van der Waals surface area contributed by atoms with Gasteiger partial charge in [-0.2, -0.15) is 0 Å². The number of benzene rings is 3. The molecule has 34 heavy (non-hydrogen) atoms. The Bertz CT molecular complexity index is 1370. The highest BCUT2D eigenvalue weighted by molar-refractivity contribution is 7.92. The van der Waals surface area contributed by atoms with Gasteiger partial charge in [0.2, 0.25) is 0 Å². The van der Waals surface area contributed by atoms with Crippen molar-refractivity contribution in [2.75, 3.05) is 4.72 Å². The van der Waals surface area contributed by atoms with Crippen LogP contribution < -0.4 is 4.72 Å². The number of ketones is 1. The van der Waals surface area contributed by atoms with Gasteiger partial charge in [0.05, 0.1) is 4.90 Å². The standard InChI is InChI=1S/C27H23ClN2O3S/c28-23-11-15-26(22-6-2-1-3-7-22)27(18-23)34(32,33)30-24-12-8-20(9-13-24)17-25(31)14-10-21-5-4-16-29-19-21/h1-9,11-13,15-16,18-19,30H,10,14,17H2. The zero-order chi connectivity index (χ0) is 24.0. The molecule has 3 aromatic carbocycles. The molecule has 0 saturated heterocycles. The van der Waals surface area contributed by atoms with Gasteiger partial charge < -0.3 is 0 Å². The lowest BCUT2D eigenvalue weighted by atomic mass is 10.0. The van der Waals surface area contributed by atoms with Crippen molar-refractivity contribution in [3.05, 3.63) is 113 Å². The van der Waals surface area contributed by atoms with Gasteiger partial charge in [0, 0.05) is 41.5 Å². The Hall–Kier alpha value is -3.48. The van der Waals surface area contributed by atoms with Gasteiger partial charge in [0.15, 0.2) is 0 Å². The third-order valence-corrected chi connectivity index (χ3v) is 7.00. The van der Waals surface area contributed by atoms with Crippen LogP contribution in [-0.2, 0) is 27.7 Å². The maximum Gasteiger partial charge on any atom is 0.262 e. The van der Waals surface area contributed by atoms with Crippen LogP contribution in [-0.4, -0.2) is 19.2 Å². The zero-order valence-electron chi connectivity index (χ0n) is 18.3. The molecule has 1 aromatic heterocycles. The number of aromatic nitrogens is 1. The number of anilines is 1. The molecule has 4 aromatic rings. The fraction of sp³-hybridized carbons (Fsp3) is 0.111. The number of Topliss-reactive ketones (excluding diaryl/α,β-unsaturated/α-hetero) is 1. The van der Waals surface area contributed by atoms with E-state index in [1.165, 1.54) is 6.07 Å². The minimum absolute atomic E-state index is 0.0980. The SMILES string of the molecule is O=C(CCc1cccnc1)Cc1ccc(NS(=O)(=O)c2cc(Cl)ccc2-c2ccccc2)cc1. The lowest BCUT2D eigenvalue weighted by molar-refractivity contribution is -0.118.